The quantitative estimate of drug-likeness (QED) is 0.619. The van der Waals surface area contributed by atoms with Gasteiger partial charge >= 0.3 is 12.1 Å². The molecule has 8 nitrogen and oxygen atoms in total. The third-order valence-electron chi connectivity index (χ3n) is 5.30. The summed E-state index contributed by atoms with van der Waals surface area (Å²) >= 11 is 7.00. The number of carboxylic acids is 1. The largest absolute Gasteiger partial charge is 0.480 e. The second-order valence-corrected chi connectivity index (χ2v) is 12.0. The Labute approximate surface area is 188 Å². The van der Waals surface area contributed by atoms with E-state index < -0.39 is 40.0 Å². The van der Waals surface area contributed by atoms with Gasteiger partial charge in [-0.15, -0.1) is 11.8 Å². The molecule has 0 saturated carbocycles. The van der Waals surface area contributed by atoms with E-state index in [1.54, 1.807) is 39.6 Å². The van der Waals surface area contributed by atoms with E-state index in [9.17, 15) is 19.5 Å². The highest BCUT2D eigenvalue weighted by Crippen LogP contribution is 2.53. The van der Waals surface area contributed by atoms with Crippen LogP contribution in [-0.4, -0.2) is 79.8 Å². The number of thiocarbonyl (C=S) groups is 1. The first-order chi connectivity index (χ1) is 13.6. The molecule has 170 valence electrons. The Balaban J connectivity index is 2.12. The van der Waals surface area contributed by atoms with Gasteiger partial charge in [0.05, 0.1) is 16.4 Å². The molecule has 0 spiro atoms. The molecule has 2 amide bonds. The second kappa shape index (κ2) is 8.53. The number of aliphatic carboxylic acids is 1. The first-order valence-corrected chi connectivity index (χ1v) is 11.4. The number of likely N-dealkylation sites (N-methyl/N-ethyl adjacent to an activating group) is 1. The summed E-state index contributed by atoms with van der Waals surface area (Å²) in [4.78, 5) is 40.2. The SMILES string of the molecule is CN(CC(=S)N[C@H]1CCS[C@@]2(C)CC(C)(C)[C@@H](C(=O)O)N2C1=O)C(=O)OC(C)(C)C. The molecule has 0 unspecified atom stereocenters. The number of carbonyl (C=O) groups excluding carboxylic acids is 2. The maximum Gasteiger partial charge on any atom is 0.410 e. The van der Waals surface area contributed by atoms with E-state index in [0.717, 1.165) is 0 Å². The van der Waals surface area contributed by atoms with Gasteiger partial charge in [-0.3, -0.25) is 4.79 Å². The predicted molar refractivity (Wildman–Crippen MR) is 121 cm³/mol. The molecular weight excluding hydrogens is 426 g/mol. The molecule has 0 radical (unpaired) electrons. The molecule has 2 N–H and O–H groups in total. The molecule has 2 saturated heterocycles. The van der Waals surface area contributed by atoms with E-state index in [1.165, 1.54) is 9.80 Å². The Bertz CT molecular complexity index is 736. The van der Waals surface area contributed by atoms with Crippen LogP contribution in [0.15, 0.2) is 0 Å². The number of thioether (sulfide) groups is 1. The number of rotatable bonds is 4. The van der Waals surface area contributed by atoms with Crippen molar-refractivity contribution in [3.63, 3.8) is 0 Å². The summed E-state index contributed by atoms with van der Waals surface area (Å²) < 4.78 is 5.32. The van der Waals surface area contributed by atoms with Gasteiger partial charge < -0.3 is 25.0 Å². The van der Waals surface area contributed by atoms with Crippen molar-refractivity contribution in [2.24, 2.45) is 5.41 Å². The summed E-state index contributed by atoms with van der Waals surface area (Å²) in [5, 5.41) is 12.9. The number of ether oxygens (including phenoxy) is 1. The van der Waals surface area contributed by atoms with Crippen LogP contribution in [0.2, 0.25) is 0 Å². The van der Waals surface area contributed by atoms with Crippen molar-refractivity contribution in [3.05, 3.63) is 0 Å². The van der Waals surface area contributed by atoms with Crippen molar-refractivity contribution in [2.75, 3.05) is 19.3 Å². The molecule has 2 fully saturated rings. The summed E-state index contributed by atoms with van der Waals surface area (Å²) in [6, 6.07) is -1.53. The fraction of sp³-hybridized carbons (Fsp3) is 0.800. The van der Waals surface area contributed by atoms with Gasteiger partial charge in [0.1, 0.15) is 17.7 Å². The molecule has 0 aromatic rings. The van der Waals surface area contributed by atoms with E-state index in [-0.39, 0.29) is 12.5 Å². The van der Waals surface area contributed by atoms with Crippen LogP contribution in [0.25, 0.3) is 0 Å². The molecule has 3 atom stereocenters. The molecule has 0 aromatic heterocycles. The summed E-state index contributed by atoms with van der Waals surface area (Å²) in [6.45, 7) is 11.2. The Kier molecular flexibility index (Phi) is 7.03. The third kappa shape index (κ3) is 5.38. The number of amides is 2. The second-order valence-electron chi connectivity index (χ2n) is 9.88. The van der Waals surface area contributed by atoms with Gasteiger partial charge in [-0.25, -0.2) is 9.59 Å². The molecule has 30 heavy (non-hydrogen) atoms. The van der Waals surface area contributed by atoms with Crippen molar-refractivity contribution >= 4 is 46.9 Å². The zero-order valence-corrected chi connectivity index (χ0v) is 20.4. The molecular formula is C20H33N3O5S2. The van der Waals surface area contributed by atoms with Crippen LogP contribution in [0.3, 0.4) is 0 Å². The van der Waals surface area contributed by atoms with Crippen molar-refractivity contribution in [2.45, 2.75) is 76.9 Å². The number of hydrogen-bond acceptors (Lipinski definition) is 6. The molecule has 10 heteroatoms. The number of hydrogen-bond donors (Lipinski definition) is 2. The summed E-state index contributed by atoms with van der Waals surface area (Å²) in [7, 11) is 1.58. The van der Waals surface area contributed by atoms with Gasteiger partial charge in [0.15, 0.2) is 0 Å². The zero-order valence-electron chi connectivity index (χ0n) is 18.8. The predicted octanol–water partition coefficient (Wildman–Crippen LogP) is 2.70. The molecule has 2 rings (SSSR count). The highest BCUT2D eigenvalue weighted by molar-refractivity contribution is 8.00. The molecule has 0 aliphatic carbocycles. The molecule has 2 aliphatic heterocycles. The smallest absolute Gasteiger partial charge is 0.410 e. The van der Waals surface area contributed by atoms with Crippen LogP contribution in [-0.2, 0) is 14.3 Å². The van der Waals surface area contributed by atoms with E-state index in [4.69, 9.17) is 17.0 Å². The number of nitrogens with one attached hydrogen (secondary N) is 1. The van der Waals surface area contributed by atoms with Gasteiger partial charge in [-0.1, -0.05) is 26.1 Å². The topological polar surface area (TPSA) is 99.2 Å². The van der Waals surface area contributed by atoms with Crippen molar-refractivity contribution in [1.82, 2.24) is 15.1 Å². The average Bonchev–Trinajstić information content (AvgIpc) is 2.70. The monoisotopic (exact) mass is 459 g/mol. The standard InChI is InChI=1S/C20H33N3O5S2/c1-18(2,3)28-17(27)22(7)10-13(29)21-12-8-9-30-20(6)11-19(4,5)14(16(25)26)23(20)15(12)24/h12,14H,8-11H2,1-7H3,(H,21,29)(H,25,26)/t12-,14+,20-/m0/s1. The van der Waals surface area contributed by atoms with Crippen molar-refractivity contribution in [3.8, 4) is 0 Å². The van der Waals surface area contributed by atoms with E-state index in [1.807, 2.05) is 20.8 Å². The van der Waals surface area contributed by atoms with Gasteiger partial charge in [0, 0.05) is 7.05 Å². The summed E-state index contributed by atoms with van der Waals surface area (Å²) in [5.74, 6) is -0.558. The Morgan fingerprint density at radius 2 is 1.97 bits per heavy atom. The fourth-order valence-corrected chi connectivity index (χ4v) is 6.19. The molecule has 2 heterocycles. The highest BCUT2D eigenvalue weighted by Gasteiger charge is 2.60. The normalized spacial score (nSPS) is 28.4. The van der Waals surface area contributed by atoms with Gasteiger partial charge in [-0.2, -0.15) is 0 Å². The van der Waals surface area contributed by atoms with E-state index in [2.05, 4.69) is 5.32 Å². The van der Waals surface area contributed by atoms with Crippen LogP contribution in [0.4, 0.5) is 4.79 Å². The first kappa shape index (κ1) is 24.7. The van der Waals surface area contributed by atoms with Gasteiger partial charge in [-0.05, 0) is 51.7 Å². The zero-order chi connectivity index (χ0) is 23.1. The minimum atomic E-state index is -0.995. The van der Waals surface area contributed by atoms with Crippen LogP contribution >= 0.6 is 24.0 Å². The third-order valence-corrected chi connectivity index (χ3v) is 6.95. The van der Waals surface area contributed by atoms with E-state index >= 15 is 0 Å². The highest BCUT2D eigenvalue weighted by atomic mass is 32.2. The van der Waals surface area contributed by atoms with E-state index in [0.29, 0.717) is 23.6 Å². The summed E-state index contributed by atoms with van der Waals surface area (Å²) in [6.07, 6.45) is 0.624. The molecule has 2 aliphatic rings. The lowest BCUT2D eigenvalue weighted by molar-refractivity contribution is -0.153. The minimum absolute atomic E-state index is 0.103. The Hall–Kier alpha value is -1.55. The van der Waals surface area contributed by atoms with Crippen LogP contribution < -0.4 is 5.32 Å². The molecule has 0 aromatic carbocycles. The minimum Gasteiger partial charge on any atom is -0.480 e. The maximum absolute atomic E-state index is 13.4. The summed E-state index contributed by atoms with van der Waals surface area (Å²) in [5.41, 5.74) is -1.16. The lowest BCUT2D eigenvalue weighted by Crippen LogP contribution is -2.57. The van der Waals surface area contributed by atoms with Crippen molar-refractivity contribution in [1.29, 1.82) is 0 Å². The lowest BCUT2D eigenvalue weighted by atomic mass is 9.83. The fourth-order valence-electron chi connectivity index (χ4n) is 4.26. The number of fused-ring (bicyclic) bond motifs is 1. The molecule has 0 bridgehead atoms. The van der Waals surface area contributed by atoms with Crippen molar-refractivity contribution < 1.29 is 24.2 Å². The van der Waals surface area contributed by atoms with Crippen LogP contribution in [0, 0.1) is 5.41 Å². The van der Waals surface area contributed by atoms with Crippen LogP contribution in [0.5, 0.6) is 0 Å². The average molecular weight is 460 g/mol. The first-order valence-electron chi connectivity index (χ1n) is 10.0. The number of carbonyl (C=O) groups is 3. The lowest BCUT2D eigenvalue weighted by Gasteiger charge is -2.36. The number of carboxylic acid groups (broad SMARTS) is 1. The maximum atomic E-state index is 13.4. The van der Waals surface area contributed by atoms with Gasteiger partial charge in [0.2, 0.25) is 5.91 Å². The Morgan fingerprint density at radius 3 is 2.50 bits per heavy atom. The van der Waals surface area contributed by atoms with Gasteiger partial charge in [0.25, 0.3) is 0 Å². The number of nitrogens with zero attached hydrogens (tertiary/aromatic N) is 2. The van der Waals surface area contributed by atoms with Crippen LogP contribution in [0.1, 0.15) is 54.4 Å². The Morgan fingerprint density at radius 1 is 1.37 bits per heavy atom.